The number of amides is 1. The predicted octanol–water partition coefficient (Wildman–Crippen LogP) is 3.80. The topological polar surface area (TPSA) is 32.3 Å². The molecule has 2 aliphatic rings. The molecule has 7 heteroatoms. The lowest BCUT2D eigenvalue weighted by atomic mass is 10.0. The highest BCUT2D eigenvalue weighted by Crippen LogP contribution is 2.50. The minimum absolute atomic E-state index is 0. The van der Waals surface area contributed by atoms with Crippen LogP contribution in [-0.2, 0) is 4.79 Å². The van der Waals surface area contributed by atoms with E-state index in [1.54, 1.807) is 17.0 Å². The third kappa shape index (κ3) is 3.82. The number of benzene rings is 2. The highest BCUT2D eigenvalue weighted by Gasteiger charge is 2.48. The maximum absolute atomic E-state index is 14.0. The van der Waals surface area contributed by atoms with E-state index in [1.165, 1.54) is 24.3 Å². The molecule has 3 unspecified atom stereocenters. The third-order valence-corrected chi connectivity index (χ3v) is 5.25. The molecule has 3 nitrogen and oxygen atoms in total. The second-order valence-electron chi connectivity index (χ2n) is 6.90. The van der Waals surface area contributed by atoms with Gasteiger partial charge in [0.2, 0.25) is 5.91 Å². The Morgan fingerprint density at radius 3 is 2.67 bits per heavy atom. The first kappa shape index (κ1) is 19.7. The van der Waals surface area contributed by atoms with Gasteiger partial charge in [-0.25, -0.2) is 13.2 Å². The van der Waals surface area contributed by atoms with Crippen molar-refractivity contribution in [3.63, 3.8) is 0 Å². The maximum Gasteiger partial charge on any atom is 0.226 e. The van der Waals surface area contributed by atoms with Gasteiger partial charge in [-0.05, 0) is 41.7 Å². The number of carbonyl (C=O) groups excluding carboxylic acids is 1. The summed E-state index contributed by atoms with van der Waals surface area (Å²) in [6.07, 6.45) is 0.513. The summed E-state index contributed by atoms with van der Waals surface area (Å²) < 4.78 is 41.0. The van der Waals surface area contributed by atoms with Crippen molar-refractivity contribution in [1.82, 2.24) is 10.2 Å². The number of carbonyl (C=O) groups is 1. The van der Waals surface area contributed by atoms with Crippen molar-refractivity contribution in [3.8, 4) is 0 Å². The average Bonchev–Trinajstić information content (AvgIpc) is 3.44. The summed E-state index contributed by atoms with van der Waals surface area (Å²) in [6, 6.07) is 10.1. The minimum Gasteiger partial charge on any atom is -0.333 e. The molecule has 0 bridgehead atoms. The van der Waals surface area contributed by atoms with Gasteiger partial charge in [0.05, 0.1) is 6.04 Å². The second kappa shape index (κ2) is 7.90. The van der Waals surface area contributed by atoms with Gasteiger partial charge in [-0.2, -0.15) is 0 Å². The number of hydrogen-bond donors (Lipinski definition) is 1. The third-order valence-electron chi connectivity index (χ3n) is 5.25. The van der Waals surface area contributed by atoms with E-state index in [4.69, 9.17) is 0 Å². The Hall–Kier alpha value is -2.05. The van der Waals surface area contributed by atoms with Gasteiger partial charge >= 0.3 is 0 Å². The largest absolute Gasteiger partial charge is 0.333 e. The molecule has 1 N–H and O–H groups in total. The first-order valence-corrected chi connectivity index (χ1v) is 8.77. The molecule has 1 aliphatic heterocycles. The van der Waals surface area contributed by atoms with Gasteiger partial charge in [0, 0.05) is 25.6 Å². The Labute approximate surface area is 162 Å². The van der Waals surface area contributed by atoms with Crippen LogP contribution in [0.2, 0.25) is 0 Å². The molecule has 1 amide bonds. The quantitative estimate of drug-likeness (QED) is 0.855. The number of halogens is 4. The summed E-state index contributed by atoms with van der Waals surface area (Å²) in [5.74, 6) is -2.81. The molecule has 4 rings (SSSR count). The Balaban J connectivity index is 0.00000210. The van der Waals surface area contributed by atoms with Gasteiger partial charge in [0.15, 0.2) is 11.6 Å². The second-order valence-corrected chi connectivity index (χ2v) is 6.90. The molecule has 27 heavy (non-hydrogen) atoms. The van der Waals surface area contributed by atoms with E-state index in [2.05, 4.69) is 5.32 Å². The van der Waals surface area contributed by atoms with Crippen LogP contribution in [0.3, 0.4) is 0 Å². The first-order chi connectivity index (χ1) is 12.6. The molecular formula is C20H20ClF3N2O. The molecule has 144 valence electrons. The number of nitrogens with zero attached hydrogens (tertiary/aromatic N) is 1. The van der Waals surface area contributed by atoms with E-state index < -0.39 is 11.6 Å². The number of nitrogens with one attached hydrogen (secondary N) is 1. The molecule has 1 saturated carbocycles. The van der Waals surface area contributed by atoms with Crippen LogP contribution in [-0.4, -0.2) is 30.4 Å². The van der Waals surface area contributed by atoms with E-state index in [0.717, 1.165) is 11.6 Å². The first-order valence-electron chi connectivity index (χ1n) is 8.77. The number of piperazine rings is 1. The Morgan fingerprint density at radius 2 is 1.89 bits per heavy atom. The van der Waals surface area contributed by atoms with Gasteiger partial charge < -0.3 is 10.2 Å². The molecule has 1 aliphatic carbocycles. The average molecular weight is 397 g/mol. The molecule has 2 fully saturated rings. The smallest absolute Gasteiger partial charge is 0.226 e. The fourth-order valence-corrected chi connectivity index (χ4v) is 3.81. The van der Waals surface area contributed by atoms with Crippen molar-refractivity contribution in [2.75, 3.05) is 19.6 Å². The zero-order valence-electron chi connectivity index (χ0n) is 14.5. The van der Waals surface area contributed by atoms with E-state index in [9.17, 15) is 18.0 Å². The molecule has 3 atom stereocenters. The highest BCUT2D eigenvalue weighted by molar-refractivity contribution is 5.85. The van der Waals surface area contributed by atoms with Crippen LogP contribution >= 0.6 is 12.4 Å². The lowest BCUT2D eigenvalue weighted by Gasteiger charge is -2.37. The van der Waals surface area contributed by atoms with Crippen molar-refractivity contribution in [1.29, 1.82) is 0 Å². The van der Waals surface area contributed by atoms with Crippen molar-refractivity contribution in [2.24, 2.45) is 5.92 Å². The van der Waals surface area contributed by atoms with E-state index >= 15 is 0 Å². The van der Waals surface area contributed by atoms with E-state index in [-0.39, 0.29) is 47.6 Å². The normalized spacial score (nSPS) is 24.3. The molecule has 0 spiro atoms. The van der Waals surface area contributed by atoms with E-state index in [0.29, 0.717) is 26.1 Å². The zero-order valence-corrected chi connectivity index (χ0v) is 15.3. The fraction of sp³-hybridized carbons (Fsp3) is 0.350. The zero-order chi connectivity index (χ0) is 18.3. The summed E-state index contributed by atoms with van der Waals surface area (Å²) in [6.45, 7) is 1.71. The van der Waals surface area contributed by atoms with Crippen LogP contribution in [0.4, 0.5) is 13.2 Å². The Kier molecular flexibility index (Phi) is 5.77. The number of hydrogen-bond acceptors (Lipinski definition) is 2. The molecule has 0 radical (unpaired) electrons. The van der Waals surface area contributed by atoms with E-state index in [1.807, 2.05) is 0 Å². The van der Waals surface area contributed by atoms with Gasteiger partial charge in [0.25, 0.3) is 0 Å². The SMILES string of the molecule is Cl.O=C(C1CC1c1cccc(F)c1F)N1CCNCC1c1cccc(F)c1. The van der Waals surface area contributed by atoms with Crippen molar-refractivity contribution in [3.05, 3.63) is 71.0 Å². The molecular weight excluding hydrogens is 377 g/mol. The van der Waals surface area contributed by atoms with Crippen LogP contribution < -0.4 is 5.32 Å². The summed E-state index contributed by atoms with van der Waals surface area (Å²) in [5.41, 5.74) is 1.00. The van der Waals surface area contributed by atoms with Gasteiger partial charge in [-0.3, -0.25) is 4.79 Å². The maximum atomic E-state index is 14.0. The predicted molar refractivity (Wildman–Crippen MR) is 98.2 cm³/mol. The van der Waals surface area contributed by atoms with Crippen LogP contribution in [0.15, 0.2) is 42.5 Å². The van der Waals surface area contributed by atoms with Crippen molar-refractivity contribution >= 4 is 18.3 Å². The fourth-order valence-electron chi connectivity index (χ4n) is 3.81. The van der Waals surface area contributed by atoms with Gasteiger partial charge in [0.1, 0.15) is 5.82 Å². The summed E-state index contributed by atoms with van der Waals surface area (Å²) in [7, 11) is 0. The van der Waals surface area contributed by atoms with Crippen molar-refractivity contribution < 1.29 is 18.0 Å². The lowest BCUT2D eigenvalue weighted by Crippen LogP contribution is -2.49. The Morgan fingerprint density at radius 1 is 1.11 bits per heavy atom. The van der Waals surface area contributed by atoms with Crippen LogP contribution in [0.5, 0.6) is 0 Å². The standard InChI is InChI=1S/C20H19F3N2O.ClH/c21-13-4-1-3-12(9-13)18-11-24-7-8-25(18)20(26)16-10-15(16)14-5-2-6-17(22)19(14)23;/h1-6,9,15-16,18,24H,7-8,10-11H2;1H. The molecule has 2 aromatic rings. The van der Waals surface area contributed by atoms with Crippen LogP contribution in [0, 0.1) is 23.4 Å². The molecule has 2 aromatic carbocycles. The Bertz CT molecular complexity index is 848. The molecule has 0 aromatic heterocycles. The number of rotatable bonds is 3. The lowest BCUT2D eigenvalue weighted by molar-refractivity contribution is -0.136. The van der Waals surface area contributed by atoms with Crippen LogP contribution in [0.25, 0.3) is 0 Å². The molecule has 1 heterocycles. The summed E-state index contributed by atoms with van der Waals surface area (Å²) >= 11 is 0. The van der Waals surface area contributed by atoms with Crippen LogP contribution in [0.1, 0.15) is 29.5 Å². The minimum atomic E-state index is -0.889. The summed E-state index contributed by atoms with van der Waals surface area (Å²) in [4.78, 5) is 14.7. The highest BCUT2D eigenvalue weighted by atomic mass is 35.5. The molecule has 1 saturated heterocycles. The monoisotopic (exact) mass is 396 g/mol. The summed E-state index contributed by atoms with van der Waals surface area (Å²) in [5, 5.41) is 3.23. The van der Waals surface area contributed by atoms with Crippen molar-refractivity contribution in [2.45, 2.75) is 18.4 Å². The van der Waals surface area contributed by atoms with Gasteiger partial charge in [-0.15, -0.1) is 12.4 Å². The van der Waals surface area contributed by atoms with Gasteiger partial charge in [-0.1, -0.05) is 24.3 Å².